The number of carbonyl (C=O) groups is 2. The summed E-state index contributed by atoms with van der Waals surface area (Å²) < 4.78 is 50.4. The van der Waals surface area contributed by atoms with Crippen LogP contribution in [0.25, 0.3) is 0 Å². The van der Waals surface area contributed by atoms with Gasteiger partial charge >= 0.3 is 12.1 Å². The molecule has 2 aliphatic heterocycles. The highest BCUT2D eigenvalue weighted by atomic mass is 32.2. The highest BCUT2D eigenvalue weighted by Gasteiger charge is 2.37. The topological polar surface area (TPSA) is 80.2 Å². The van der Waals surface area contributed by atoms with Crippen LogP contribution in [0, 0.1) is 0 Å². The number of aliphatic imine (C=N–C) groups is 1. The van der Waals surface area contributed by atoms with Crippen molar-refractivity contribution < 1.29 is 32.2 Å². The first-order chi connectivity index (χ1) is 17.2. The van der Waals surface area contributed by atoms with Crippen LogP contribution < -0.4 is 10.1 Å². The Balaban J connectivity index is 1.52. The van der Waals surface area contributed by atoms with Crippen LogP contribution in [0.1, 0.15) is 31.0 Å². The number of hydrogen-bond donors (Lipinski definition) is 1. The second kappa shape index (κ2) is 10.5. The molecule has 4 rings (SSSR count). The fourth-order valence-electron chi connectivity index (χ4n) is 3.85. The molecular weight excluding hydrogens is 495 g/mol. The maximum absolute atomic E-state index is 13.2. The van der Waals surface area contributed by atoms with Crippen molar-refractivity contribution in [2.45, 2.75) is 26.1 Å². The Hall–Kier alpha value is -3.73. The molecule has 0 fully saturated rings. The van der Waals surface area contributed by atoms with Crippen molar-refractivity contribution in [3.63, 3.8) is 0 Å². The van der Waals surface area contributed by atoms with Gasteiger partial charge in [0.05, 0.1) is 35.2 Å². The third-order valence-electron chi connectivity index (χ3n) is 5.37. The Morgan fingerprint density at radius 3 is 2.69 bits per heavy atom. The highest BCUT2D eigenvalue weighted by molar-refractivity contribution is 8.16. The maximum atomic E-state index is 13.2. The summed E-state index contributed by atoms with van der Waals surface area (Å²) >= 11 is 1.42. The number of rotatable bonds is 7. The molecule has 1 atom stereocenters. The zero-order valence-corrected chi connectivity index (χ0v) is 20.2. The smallest absolute Gasteiger partial charge is 0.418 e. The van der Waals surface area contributed by atoms with Crippen LogP contribution in [0.3, 0.4) is 0 Å². The van der Waals surface area contributed by atoms with Crippen molar-refractivity contribution in [2.24, 2.45) is 4.99 Å². The number of ether oxygens (including phenoxy) is 2. The summed E-state index contributed by atoms with van der Waals surface area (Å²) in [5, 5.41) is 4.81. The summed E-state index contributed by atoms with van der Waals surface area (Å²) in [6, 6.07) is 11.0. The quantitative estimate of drug-likeness (QED) is 0.490. The lowest BCUT2D eigenvalue weighted by Gasteiger charge is -2.33. The average Bonchev–Trinajstić information content (AvgIpc) is 3.30. The Kier molecular flexibility index (Phi) is 7.39. The lowest BCUT2D eigenvalue weighted by molar-refractivity contribution is -0.139. The number of nitrogens with one attached hydrogen (secondary N) is 1. The molecule has 0 saturated heterocycles. The predicted molar refractivity (Wildman–Crippen MR) is 130 cm³/mol. The van der Waals surface area contributed by atoms with E-state index in [2.05, 4.69) is 10.3 Å². The summed E-state index contributed by atoms with van der Waals surface area (Å²) in [7, 11) is 0. The van der Waals surface area contributed by atoms with Gasteiger partial charge in [0.25, 0.3) is 5.91 Å². The molecule has 0 aromatic heterocycles. The molecule has 0 bridgehead atoms. The number of benzene rings is 2. The molecule has 188 valence electrons. The number of esters is 1. The number of para-hydroxylation sites is 1. The van der Waals surface area contributed by atoms with E-state index in [-0.39, 0.29) is 12.3 Å². The van der Waals surface area contributed by atoms with Crippen molar-refractivity contribution >= 4 is 34.5 Å². The van der Waals surface area contributed by atoms with Crippen LogP contribution in [0.15, 0.2) is 76.4 Å². The molecule has 36 heavy (non-hydrogen) atoms. The van der Waals surface area contributed by atoms with Gasteiger partial charge in [0.15, 0.2) is 11.8 Å². The fraction of sp³-hybridized carbons (Fsp3) is 0.240. The van der Waals surface area contributed by atoms with Crippen molar-refractivity contribution in [1.29, 1.82) is 0 Å². The van der Waals surface area contributed by atoms with Crippen molar-refractivity contribution in [1.82, 2.24) is 4.90 Å². The number of fused-ring (bicyclic) bond motifs is 1. The number of amides is 1. The number of hydrogen-bond acceptors (Lipinski definition) is 7. The van der Waals surface area contributed by atoms with E-state index in [4.69, 9.17) is 9.47 Å². The number of halogens is 3. The summed E-state index contributed by atoms with van der Waals surface area (Å²) in [4.78, 5) is 31.5. The fourth-order valence-corrected chi connectivity index (χ4v) is 4.64. The maximum Gasteiger partial charge on any atom is 0.418 e. The van der Waals surface area contributed by atoms with Crippen LogP contribution in [0.4, 0.5) is 18.9 Å². The minimum Gasteiger partial charge on any atom is -0.484 e. The zero-order chi connectivity index (χ0) is 25.9. The highest BCUT2D eigenvalue weighted by Crippen LogP contribution is 2.41. The first kappa shape index (κ1) is 25.4. The monoisotopic (exact) mass is 517 g/mol. The summed E-state index contributed by atoms with van der Waals surface area (Å²) in [6.07, 6.45) is -2.79. The SMILES string of the molecule is CCOC(=O)C1=C(C)N=C2SC=CN2[C@@H]1c1cccc(OCC(=O)Nc2ccccc2C(F)(F)F)c1. The second-order valence-corrected chi connectivity index (χ2v) is 8.65. The Morgan fingerprint density at radius 2 is 1.94 bits per heavy atom. The molecule has 0 radical (unpaired) electrons. The van der Waals surface area contributed by atoms with Crippen LogP contribution >= 0.6 is 11.8 Å². The normalized spacial score (nSPS) is 17.0. The molecule has 0 aliphatic carbocycles. The van der Waals surface area contributed by atoms with Crippen LogP contribution in [-0.2, 0) is 20.5 Å². The van der Waals surface area contributed by atoms with Gasteiger partial charge in [-0.2, -0.15) is 13.2 Å². The molecule has 0 unspecified atom stereocenters. The van der Waals surface area contributed by atoms with Gasteiger partial charge in [0.2, 0.25) is 0 Å². The number of thioether (sulfide) groups is 1. The number of alkyl halides is 3. The van der Waals surface area contributed by atoms with E-state index in [1.54, 1.807) is 32.0 Å². The predicted octanol–water partition coefficient (Wildman–Crippen LogP) is 5.49. The van der Waals surface area contributed by atoms with E-state index in [9.17, 15) is 22.8 Å². The number of anilines is 1. The van der Waals surface area contributed by atoms with Gasteiger partial charge in [-0.25, -0.2) is 9.79 Å². The van der Waals surface area contributed by atoms with E-state index in [0.717, 1.165) is 6.07 Å². The third kappa shape index (κ3) is 5.40. The van der Waals surface area contributed by atoms with Crippen molar-refractivity contribution in [3.8, 4) is 5.75 Å². The van der Waals surface area contributed by atoms with Gasteiger partial charge in [0, 0.05) is 6.20 Å². The van der Waals surface area contributed by atoms with Gasteiger partial charge < -0.3 is 19.7 Å². The first-order valence-corrected chi connectivity index (χ1v) is 11.8. The summed E-state index contributed by atoms with van der Waals surface area (Å²) in [5.74, 6) is -0.916. The molecule has 2 aliphatic rings. The number of amidine groups is 1. The van der Waals surface area contributed by atoms with Crippen molar-refractivity contribution in [2.75, 3.05) is 18.5 Å². The van der Waals surface area contributed by atoms with E-state index in [0.29, 0.717) is 27.8 Å². The van der Waals surface area contributed by atoms with Gasteiger partial charge in [-0.1, -0.05) is 36.0 Å². The molecule has 2 aromatic carbocycles. The Bertz CT molecular complexity index is 1270. The average molecular weight is 518 g/mol. The van der Waals surface area contributed by atoms with Gasteiger partial charge in [-0.3, -0.25) is 4.79 Å². The summed E-state index contributed by atoms with van der Waals surface area (Å²) in [6.45, 7) is 3.16. The van der Waals surface area contributed by atoms with Crippen LogP contribution in [-0.4, -0.2) is 35.2 Å². The zero-order valence-electron chi connectivity index (χ0n) is 19.3. The van der Waals surface area contributed by atoms with E-state index in [1.807, 2.05) is 22.6 Å². The van der Waals surface area contributed by atoms with Gasteiger partial charge in [0.1, 0.15) is 5.75 Å². The van der Waals surface area contributed by atoms with Crippen LogP contribution in [0.2, 0.25) is 0 Å². The Morgan fingerprint density at radius 1 is 1.17 bits per heavy atom. The molecular formula is C25H22F3N3O4S. The minimum atomic E-state index is -4.61. The van der Waals surface area contributed by atoms with Crippen molar-refractivity contribution in [3.05, 3.63) is 82.5 Å². The van der Waals surface area contributed by atoms with E-state index >= 15 is 0 Å². The number of carbonyl (C=O) groups excluding carboxylic acids is 2. The van der Waals surface area contributed by atoms with Gasteiger partial charge in [-0.15, -0.1) is 0 Å². The minimum absolute atomic E-state index is 0.208. The molecule has 7 nitrogen and oxygen atoms in total. The second-order valence-electron chi connectivity index (χ2n) is 7.78. The largest absolute Gasteiger partial charge is 0.484 e. The number of nitrogens with zero attached hydrogens (tertiary/aromatic N) is 2. The van der Waals surface area contributed by atoms with Crippen LogP contribution in [0.5, 0.6) is 5.75 Å². The molecule has 1 N–H and O–H groups in total. The number of allylic oxidation sites excluding steroid dienone is 1. The molecule has 1 amide bonds. The first-order valence-electron chi connectivity index (χ1n) is 11.0. The standard InChI is InChI=1S/C25H22F3N3O4S/c1-3-34-23(33)21-15(2)29-24-31(11-12-36-24)22(21)16-7-6-8-17(13-16)35-14-20(32)30-19-10-5-4-9-18(19)25(26,27)28/h4-13,22H,3,14H2,1-2H3,(H,30,32)/t22-/m1/s1. The summed E-state index contributed by atoms with van der Waals surface area (Å²) in [5.41, 5.74) is 0.318. The molecule has 0 saturated carbocycles. The molecule has 2 heterocycles. The van der Waals surface area contributed by atoms with E-state index in [1.165, 1.54) is 30.0 Å². The Labute approximate surface area is 209 Å². The molecule has 11 heteroatoms. The molecule has 0 spiro atoms. The van der Waals surface area contributed by atoms with E-state index < -0.39 is 36.3 Å². The lowest BCUT2D eigenvalue weighted by Crippen LogP contribution is -2.34. The molecule has 2 aromatic rings. The third-order valence-corrected chi connectivity index (χ3v) is 6.14. The lowest BCUT2D eigenvalue weighted by atomic mass is 9.94. The van der Waals surface area contributed by atoms with Gasteiger partial charge in [-0.05, 0) is 49.1 Å².